The topological polar surface area (TPSA) is 0 Å². The Kier molecular flexibility index (Phi) is 1.89. The molecule has 4 rings (SSSR count). The maximum absolute atomic E-state index is 2.36. The lowest BCUT2D eigenvalue weighted by Gasteiger charge is -2.10. The molecule has 88 valence electrons. The summed E-state index contributed by atoms with van der Waals surface area (Å²) in [4.78, 5) is 0. The van der Waals surface area contributed by atoms with Crippen molar-refractivity contribution in [3.05, 3.63) is 70.3 Å². The van der Waals surface area contributed by atoms with Gasteiger partial charge in [-0.1, -0.05) is 59.2 Å². The van der Waals surface area contributed by atoms with E-state index in [-0.39, 0.29) is 0 Å². The van der Waals surface area contributed by atoms with Crippen LogP contribution in [0.1, 0.15) is 34.6 Å². The van der Waals surface area contributed by atoms with Crippen molar-refractivity contribution in [2.75, 3.05) is 0 Å². The van der Waals surface area contributed by atoms with E-state index in [4.69, 9.17) is 0 Å². The third-order valence-corrected chi connectivity index (χ3v) is 4.14. The Labute approximate surface area is 108 Å². The van der Waals surface area contributed by atoms with E-state index in [2.05, 4.69) is 56.3 Å². The van der Waals surface area contributed by atoms with Gasteiger partial charge in [-0.15, -0.1) is 0 Å². The minimum Gasteiger partial charge on any atom is -0.0800 e. The minimum atomic E-state index is 0.538. The Bertz CT molecular complexity index is 638. The van der Waals surface area contributed by atoms with Crippen LogP contribution in [0.25, 0.3) is 11.1 Å². The smallest absolute Gasteiger partial charge is 0.0314 e. The number of hydrogen-bond donors (Lipinski definition) is 0. The molecule has 0 spiro atoms. The van der Waals surface area contributed by atoms with E-state index in [1.807, 2.05) is 0 Å². The molecule has 0 N–H and O–H groups in total. The quantitative estimate of drug-likeness (QED) is 0.623. The second kappa shape index (κ2) is 3.35. The number of rotatable bonds is 1. The summed E-state index contributed by atoms with van der Waals surface area (Å²) in [5, 5.41) is 0. The lowest BCUT2D eigenvalue weighted by Crippen LogP contribution is -1.94. The largest absolute Gasteiger partial charge is 0.0800 e. The normalized spacial score (nSPS) is 16.2. The van der Waals surface area contributed by atoms with E-state index < -0.39 is 0 Å². The Morgan fingerprint density at radius 3 is 1.78 bits per heavy atom. The summed E-state index contributed by atoms with van der Waals surface area (Å²) in [6, 6.07) is 13.8. The van der Waals surface area contributed by atoms with Crippen LogP contribution in [-0.2, 0) is 0 Å². The number of allylic oxidation sites excluding steroid dienone is 2. The van der Waals surface area contributed by atoms with Gasteiger partial charge in [0.25, 0.3) is 0 Å². The van der Waals surface area contributed by atoms with Gasteiger partial charge in [-0.05, 0) is 42.5 Å². The minimum absolute atomic E-state index is 0.538. The van der Waals surface area contributed by atoms with Gasteiger partial charge in [0, 0.05) is 5.92 Å². The summed E-state index contributed by atoms with van der Waals surface area (Å²) in [5.41, 5.74) is 10.2. The highest BCUT2D eigenvalue weighted by Crippen LogP contribution is 2.52. The maximum Gasteiger partial charge on any atom is 0.0314 e. The zero-order valence-electron chi connectivity index (χ0n) is 10.8. The Balaban J connectivity index is 2.04. The molecule has 0 saturated heterocycles. The molecular weight excluding hydrogens is 216 g/mol. The number of fused-ring (bicyclic) bond motifs is 3. The molecule has 0 fully saturated rings. The molecule has 0 nitrogen and oxygen atoms in total. The summed E-state index contributed by atoms with van der Waals surface area (Å²) >= 11 is 0. The van der Waals surface area contributed by atoms with Crippen molar-refractivity contribution in [1.29, 1.82) is 0 Å². The van der Waals surface area contributed by atoms with Gasteiger partial charge in [-0.3, -0.25) is 0 Å². The van der Waals surface area contributed by atoms with Crippen molar-refractivity contribution in [2.45, 2.75) is 26.2 Å². The fourth-order valence-electron chi connectivity index (χ4n) is 3.17. The van der Waals surface area contributed by atoms with E-state index in [1.165, 1.54) is 39.8 Å². The lowest BCUT2D eigenvalue weighted by molar-refractivity contribution is 1.01. The van der Waals surface area contributed by atoms with Crippen molar-refractivity contribution < 1.29 is 0 Å². The first-order chi connectivity index (χ1) is 8.74. The van der Waals surface area contributed by atoms with Gasteiger partial charge in [0.1, 0.15) is 0 Å². The zero-order valence-corrected chi connectivity index (χ0v) is 10.8. The Morgan fingerprint density at radius 2 is 1.33 bits per heavy atom. The van der Waals surface area contributed by atoms with Gasteiger partial charge in [0.15, 0.2) is 0 Å². The average molecular weight is 232 g/mol. The number of benzene rings is 2. The van der Waals surface area contributed by atoms with E-state index in [0.717, 1.165) is 0 Å². The first kappa shape index (κ1) is 10.1. The second-order valence-corrected chi connectivity index (χ2v) is 5.60. The van der Waals surface area contributed by atoms with Crippen molar-refractivity contribution in [1.82, 2.24) is 0 Å². The maximum atomic E-state index is 2.36. The molecule has 0 bridgehead atoms. The third-order valence-electron chi connectivity index (χ3n) is 4.14. The zero-order chi connectivity index (χ0) is 12.3. The highest BCUT2D eigenvalue weighted by atomic mass is 14.4. The fraction of sp³-hybridized carbons (Fsp3) is 0.222. The molecule has 0 radical (unpaired) electrons. The molecule has 2 aromatic rings. The predicted octanol–water partition coefficient (Wildman–Crippen LogP) is 4.75. The Morgan fingerprint density at radius 1 is 0.833 bits per heavy atom. The average Bonchev–Trinajstić information content (AvgIpc) is 3.13. The second-order valence-electron chi connectivity index (χ2n) is 5.60. The molecule has 2 aliphatic rings. The van der Waals surface area contributed by atoms with Gasteiger partial charge in [0.05, 0.1) is 0 Å². The van der Waals surface area contributed by atoms with Crippen molar-refractivity contribution >= 4 is 0 Å². The van der Waals surface area contributed by atoms with Crippen LogP contribution in [-0.4, -0.2) is 0 Å². The first-order valence-electron chi connectivity index (χ1n) is 6.64. The summed E-state index contributed by atoms with van der Waals surface area (Å²) in [7, 11) is 0. The van der Waals surface area contributed by atoms with E-state index >= 15 is 0 Å². The molecular formula is C18H16. The van der Waals surface area contributed by atoms with Crippen LogP contribution in [0.15, 0.2) is 48.0 Å². The van der Waals surface area contributed by atoms with Gasteiger partial charge in [0.2, 0.25) is 0 Å². The SMILES string of the molecule is Cc1ccc2c(c1)-c1cc(C)ccc1C2C1=CC1. The molecule has 0 saturated carbocycles. The molecule has 0 amide bonds. The van der Waals surface area contributed by atoms with Crippen molar-refractivity contribution in [3.63, 3.8) is 0 Å². The number of aryl methyl sites for hydroxylation is 2. The highest BCUT2D eigenvalue weighted by molar-refractivity contribution is 5.82. The fourth-order valence-corrected chi connectivity index (χ4v) is 3.17. The van der Waals surface area contributed by atoms with Crippen molar-refractivity contribution in [3.8, 4) is 11.1 Å². The van der Waals surface area contributed by atoms with E-state index in [0.29, 0.717) is 5.92 Å². The predicted molar refractivity (Wildman–Crippen MR) is 75.9 cm³/mol. The van der Waals surface area contributed by atoms with Crippen LogP contribution >= 0.6 is 0 Å². The molecule has 0 atom stereocenters. The third kappa shape index (κ3) is 1.32. The van der Waals surface area contributed by atoms with Crippen LogP contribution in [0.5, 0.6) is 0 Å². The highest BCUT2D eigenvalue weighted by Gasteiger charge is 2.33. The number of hydrogen-bond acceptors (Lipinski definition) is 0. The first-order valence-corrected chi connectivity index (χ1v) is 6.64. The summed E-state index contributed by atoms with van der Waals surface area (Å²) in [6.45, 7) is 4.36. The van der Waals surface area contributed by atoms with Gasteiger partial charge in [-0.2, -0.15) is 0 Å². The summed E-state index contributed by atoms with van der Waals surface area (Å²) < 4.78 is 0. The standard InChI is InChI=1S/C18H16/c1-11-3-7-14-16(9-11)17-10-12(2)4-8-15(17)18(14)13-5-6-13/h3-5,7-10,18H,6H2,1-2H3. The van der Waals surface area contributed by atoms with Crippen LogP contribution in [0.4, 0.5) is 0 Å². The monoisotopic (exact) mass is 232 g/mol. The molecule has 0 heteroatoms. The molecule has 18 heavy (non-hydrogen) atoms. The Hall–Kier alpha value is -1.82. The lowest BCUT2D eigenvalue weighted by atomic mass is 9.93. The van der Waals surface area contributed by atoms with E-state index in [9.17, 15) is 0 Å². The summed E-state index contributed by atoms with van der Waals surface area (Å²) in [6.07, 6.45) is 3.56. The summed E-state index contributed by atoms with van der Waals surface area (Å²) in [5.74, 6) is 0.538. The van der Waals surface area contributed by atoms with Crippen LogP contribution in [0, 0.1) is 13.8 Å². The van der Waals surface area contributed by atoms with E-state index in [1.54, 1.807) is 5.57 Å². The molecule has 0 aliphatic heterocycles. The van der Waals surface area contributed by atoms with Crippen molar-refractivity contribution in [2.24, 2.45) is 0 Å². The van der Waals surface area contributed by atoms with Gasteiger partial charge in [-0.25, -0.2) is 0 Å². The molecule has 2 aliphatic carbocycles. The van der Waals surface area contributed by atoms with Gasteiger partial charge >= 0.3 is 0 Å². The molecule has 0 aromatic heterocycles. The molecule has 2 aromatic carbocycles. The molecule has 0 heterocycles. The van der Waals surface area contributed by atoms with Crippen LogP contribution < -0.4 is 0 Å². The van der Waals surface area contributed by atoms with Gasteiger partial charge < -0.3 is 0 Å². The molecule has 0 unspecified atom stereocenters. The van der Waals surface area contributed by atoms with Crippen LogP contribution in [0.3, 0.4) is 0 Å². The van der Waals surface area contributed by atoms with Crippen LogP contribution in [0.2, 0.25) is 0 Å².